The number of benzene rings is 1. The van der Waals surface area contributed by atoms with Crippen LogP contribution in [0.4, 0.5) is 8.78 Å². The quantitative estimate of drug-likeness (QED) is 0.556. The van der Waals surface area contributed by atoms with Crippen molar-refractivity contribution in [2.75, 3.05) is 20.2 Å². The first kappa shape index (κ1) is 21.6. The van der Waals surface area contributed by atoms with Gasteiger partial charge in [0.25, 0.3) is 5.91 Å². The molecule has 2 aromatic rings. The molecule has 1 aromatic carbocycles. The van der Waals surface area contributed by atoms with Crippen molar-refractivity contribution in [3.05, 3.63) is 46.2 Å². The largest absolute Gasteiger partial charge is 0.493 e. The minimum absolute atomic E-state index is 0.0392. The van der Waals surface area contributed by atoms with Crippen LogP contribution in [0.15, 0.2) is 35.0 Å². The molecule has 0 saturated heterocycles. The molecule has 2 N–H and O–H groups in total. The molecular weight excluding hydrogens is 390 g/mol. The summed E-state index contributed by atoms with van der Waals surface area (Å²) in [6.45, 7) is -2.17. The van der Waals surface area contributed by atoms with E-state index >= 15 is 0 Å². The van der Waals surface area contributed by atoms with Gasteiger partial charge in [-0.2, -0.15) is 20.1 Å². The van der Waals surface area contributed by atoms with Gasteiger partial charge >= 0.3 is 6.61 Å². The van der Waals surface area contributed by atoms with E-state index in [1.165, 1.54) is 24.5 Å². The van der Waals surface area contributed by atoms with Crippen molar-refractivity contribution in [1.29, 1.82) is 0 Å². The number of nitrogens with one attached hydrogen (secondary N) is 2. The Labute approximate surface area is 165 Å². The number of carbonyl (C=O) groups excluding carboxylic acids is 2. The van der Waals surface area contributed by atoms with E-state index in [1.54, 1.807) is 23.6 Å². The lowest BCUT2D eigenvalue weighted by atomic mass is 10.1. The van der Waals surface area contributed by atoms with Crippen molar-refractivity contribution in [2.24, 2.45) is 0 Å². The van der Waals surface area contributed by atoms with E-state index in [4.69, 9.17) is 4.74 Å². The van der Waals surface area contributed by atoms with E-state index < -0.39 is 6.61 Å². The second-order valence-electron chi connectivity index (χ2n) is 5.84. The van der Waals surface area contributed by atoms with Gasteiger partial charge in [0, 0.05) is 30.5 Å². The average molecular weight is 412 g/mol. The zero-order chi connectivity index (χ0) is 20.4. The predicted octanol–water partition coefficient (Wildman–Crippen LogP) is 3.23. The number of ether oxygens (including phenoxy) is 2. The first-order valence-electron chi connectivity index (χ1n) is 8.68. The molecule has 1 aromatic heterocycles. The zero-order valence-electron chi connectivity index (χ0n) is 15.4. The molecule has 0 fully saturated rings. The third kappa shape index (κ3) is 7.15. The summed E-state index contributed by atoms with van der Waals surface area (Å²) in [5.74, 6) is -0.106. The predicted molar refractivity (Wildman–Crippen MR) is 102 cm³/mol. The molecule has 2 rings (SSSR count). The maximum absolute atomic E-state index is 12.4. The van der Waals surface area contributed by atoms with Crippen LogP contribution in [0.3, 0.4) is 0 Å². The normalized spacial score (nSPS) is 10.6. The van der Waals surface area contributed by atoms with E-state index in [0.717, 1.165) is 5.56 Å². The second-order valence-corrected chi connectivity index (χ2v) is 6.62. The molecule has 0 bridgehead atoms. The summed E-state index contributed by atoms with van der Waals surface area (Å²) in [6.07, 6.45) is 1.27. The molecule has 6 nitrogen and oxygen atoms in total. The van der Waals surface area contributed by atoms with E-state index in [0.29, 0.717) is 31.5 Å². The molecule has 0 aliphatic rings. The molecule has 1 heterocycles. The number of methoxy groups -OCH3 is 1. The Morgan fingerprint density at radius 3 is 2.64 bits per heavy atom. The molecule has 9 heteroatoms. The summed E-state index contributed by atoms with van der Waals surface area (Å²) < 4.78 is 34.3. The molecule has 0 saturated carbocycles. The van der Waals surface area contributed by atoms with Crippen LogP contribution in [0.5, 0.6) is 11.5 Å². The Morgan fingerprint density at radius 2 is 1.96 bits per heavy atom. The van der Waals surface area contributed by atoms with E-state index in [-0.39, 0.29) is 29.7 Å². The molecule has 0 aliphatic carbocycles. The van der Waals surface area contributed by atoms with Crippen LogP contribution in [0.2, 0.25) is 0 Å². The van der Waals surface area contributed by atoms with Crippen LogP contribution in [0.25, 0.3) is 0 Å². The van der Waals surface area contributed by atoms with Crippen molar-refractivity contribution < 1.29 is 27.8 Å². The van der Waals surface area contributed by atoms with Gasteiger partial charge in [-0.05, 0) is 42.0 Å². The molecule has 0 unspecified atom stereocenters. The lowest BCUT2D eigenvalue weighted by Gasteiger charge is -2.12. The monoisotopic (exact) mass is 412 g/mol. The Balaban J connectivity index is 1.67. The molecule has 2 amide bonds. The average Bonchev–Trinajstić information content (AvgIpc) is 3.20. The number of amides is 2. The molecule has 0 radical (unpaired) electrons. The fourth-order valence-electron chi connectivity index (χ4n) is 2.45. The van der Waals surface area contributed by atoms with Crippen LogP contribution < -0.4 is 20.1 Å². The fourth-order valence-corrected chi connectivity index (χ4v) is 3.08. The zero-order valence-corrected chi connectivity index (χ0v) is 16.2. The SMILES string of the molecule is COc1ccc(CCNC(=O)CCCNC(=O)c2ccsc2)cc1OC(F)F. The number of rotatable bonds is 11. The number of thiophene rings is 1. The van der Waals surface area contributed by atoms with Gasteiger partial charge in [0.1, 0.15) is 0 Å². The molecular formula is C19H22F2N2O4S. The van der Waals surface area contributed by atoms with Crippen LogP contribution >= 0.6 is 11.3 Å². The highest BCUT2D eigenvalue weighted by molar-refractivity contribution is 7.08. The highest BCUT2D eigenvalue weighted by atomic mass is 32.1. The number of carbonyl (C=O) groups is 2. The van der Waals surface area contributed by atoms with Crippen LogP contribution in [0.1, 0.15) is 28.8 Å². The number of hydrogen-bond donors (Lipinski definition) is 2. The van der Waals surface area contributed by atoms with Gasteiger partial charge in [-0.15, -0.1) is 0 Å². The topological polar surface area (TPSA) is 76.7 Å². The smallest absolute Gasteiger partial charge is 0.387 e. The molecule has 0 aliphatic heterocycles. The van der Waals surface area contributed by atoms with Gasteiger partial charge in [-0.1, -0.05) is 6.07 Å². The van der Waals surface area contributed by atoms with Gasteiger partial charge in [0.2, 0.25) is 5.91 Å². The summed E-state index contributed by atoms with van der Waals surface area (Å²) in [5.41, 5.74) is 1.35. The van der Waals surface area contributed by atoms with Crippen LogP contribution in [0, 0.1) is 0 Å². The maximum Gasteiger partial charge on any atom is 0.387 e. The summed E-state index contributed by atoms with van der Waals surface area (Å²) in [4.78, 5) is 23.6. The van der Waals surface area contributed by atoms with Gasteiger partial charge in [0.15, 0.2) is 11.5 Å². The fraction of sp³-hybridized carbons (Fsp3) is 0.368. The molecule has 152 valence electrons. The minimum Gasteiger partial charge on any atom is -0.493 e. The van der Waals surface area contributed by atoms with E-state index in [1.807, 2.05) is 5.38 Å². The summed E-state index contributed by atoms with van der Waals surface area (Å²) in [6, 6.07) is 6.48. The van der Waals surface area contributed by atoms with Crippen molar-refractivity contribution in [1.82, 2.24) is 10.6 Å². The van der Waals surface area contributed by atoms with Gasteiger partial charge in [-0.3, -0.25) is 9.59 Å². The molecule has 28 heavy (non-hydrogen) atoms. The van der Waals surface area contributed by atoms with Crippen molar-refractivity contribution >= 4 is 23.2 Å². The summed E-state index contributed by atoms with van der Waals surface area (Å²) in [7, 11) is 1.37. The van der Waals surface area contributed by atoms with Crippen LogP contribution in [-0.2, 0) is 11.2 Å². The summed E-state index contributed by atoms with van der Waals surface area (Å²) >= 11 is 1.45. The van der Waals surface area contributed by atoms with Gasteiger partial charge < -0.3 is 20.1 Å². The van der Waals surface area contributed by atoms with Crippen molar-refractivity contribution in [3.8, 4) is 11.5 Å². The van der Waals surface area contributed by atoms with Gasteiger partial charge in [-0.25, -0.2) is 0 Å². The van der Waals surface area contributed by atoms with Gasteiger partial charge in [0.05, 0.1) is 7.11 Å². The Bertz CT molecular complexity index is 769. The lowest BCUT2D eigenvalue weighted by molar-refractivity contribution is -0.121. The highest BCUT2D eigenvalue weighted by Gasteiger charge is 2.11. The standard InChI is InChI=1S/C19H22F2N2O4S/c1-26-15-5-4-13(11-16(15)27-19(20)21)6-9-22-17(24)3-2-8-23-18(25)14-7-10-28-12-14/h4-5,7,10-12,19H,2-3,6,8-9H2,1H3,(H,22,24)(H,23,25). The highest BCUT2D eigenvalue weighted by Crippen LogP contribution is 2.29. The Hall–Kier alpha value is -2.68. The third-order valence-electron chi connectivity index (χ3n) is 3.83. The summed E-state index contributed by atoms with van der Waals surface area (Å²) in [5, 5.41) is 9.11. The van der Waals surface area contributed by atoms with Crippen molar-refractivity contribution in [3.63, 3.8) is 0 Å². The Kier molecular flexibility index (Phi) is 8.67. The second kappa shape index (κ2) is 11.2. The third-order valence-corrected chi connectivity index (χ3v) is 4.51. The lowest BCUT2D eigenvalue weighted by Crippen LogP contribution is -2.28. The first-order valence-corrected chi connectivity index (χ1v) is 9.62. The number of halogens is 2. The maximum atomic E-state index is 12.4. The van der Waals surface area contributed by atoms with E-state index in [9.17, 15) is 18.4 Å². The molecule has 0 spiro atoms. The minimum atomic E-state index is -2.94. The number of hydrogen-bond acceptors (Lipinski definition) is 5. The first-order chi connectivity index (χ1) is 13.5. The molecule has 0 atom stereocenters. The van der Waals surface area contributed by atoms with Crippen LogP contribution in [-0.4, -0.2) is 38.6 Å². The van der Waals surface area contributed by atoms with E-state index in [2.05, 4.69) is 15.4 Å². The Morgan fingerprint density at radius 1 is 1.14 bits per heavy atom. The number of alkyl halides is 2. The van der Waals surface area contributed by atoms with Crippen molar-refractivity contribution in [2.45, 2.75) is 25.9 Å².